The van der Waals surface area contributed by atoms with Crippen LogP contribution in [0.5, 0.6) is 5.88 Å². The van der Waals surface area contributed by atoms with Crippen molar-refractivity contribution < 1.29 is 22.7 Å². The predicted molar refractivity (Wildman–Crippen MR) is 160 cm³/mol. The first-order chi connectivity index (χ1) is 19.2. The van der Waals surface area contributed by atoms with Crippen molar-refractivity contribution in [3.63, 3.8) is 0 Å². The molecule has 2 aromatic carbocycles. The van der Waals surface area contributed by atoms with Gasteiger partial charge in [0.1, 0.15) is 18.8 Å². The average Bonchev–Trinajstić information content (AvgIpc) is 3.29. The Morgan fingerprint density at radius 3 is 2.29 bits per heavy atom. The van der Waals surface area contributed by atoms with Crippen molar-refractivity contribution in [1.29, 1.82) is 0 Å². The summed E-state index contributed by atoms with van der Waals surface area (Å²) in [4.78, 5) is 14.7. The van der Waals surface area contributed by atoms with Crippen molar-refractivity contribution in [1.82, 2.24) is 19.7 Å². The summed E-state index contributed by atoms with van der Waals surface area (Å²) >= 11 is 12.2. The number of sulfonamides is 1. The van der Waals surface area contributed by atoms with Crippen LogP contribution in [0.3, 0.4) is 0 Å². The molecule has 0 aliphatic carbocycles. The molecule has 0 amide bonds. The van der Waals surface area contributed by atoms with Crippen LogP contribution in [0.4, 0.5) is 5.69 Å². The molecule has 0 bridgehead atoms. The van der Waals surface area contributed by atoms with Crippen molar-refractivity contribution in [2.75, 3.05) is 38.1 Å². The van der Waals surface area contributed by atoms with Crippen LogP contribution in [0.25, 0.3) is 16.7 Å². The Morgan fingerprint density at radius 1 is 0.976 bits per heavy atom. The second-order valence-corrected chi connectivity index (χ2v) is 13.2. The summed E-state index contributed by atoms with van der Waals surface area (Å²) in [5, 5.41) is 9.44. The number of nitrogens with zero attached hydrogens (tertiary/aromatic N) is 5. The number of carbonyl (C=O) groups is 1. The van der Waals surface area contributed by atoms with Gasteiger partial charge in [0.2, 0.25) is 5.88 Å². The summed E-state index contributed by atoms with van der Waals surface area (Å²) in [5.41, 5.74) is 0.207. The minimum atomic E-state index is -4.26. The molecule has 0 saturated carbocycles. The molecule has 0 spiro atoms. The van der Waals surface area contributed by atoms with Gasteiger partial charge in [0, 0.05) is 34.2 Å². The van der Waals surface area contributed by atoms with Gasteiger partial charge in [0.15, 0.2) is 5.82 Å². The van der Waals surface area contributed by atoms with Gasteiger partial charge in [0.05, 0.1) is 16.1 Å². The van der Waals surface area contributed by atoms with E-state index in [1.165, 1.54) is 18.2 Å². The van der Waals surface area contributed by atoms with Crippen LogP contribution in [0.15, 0.2) is 65.7 Å². The number of esters is 1. The van der Waals surface area contributed by atoms with Crippen LogP contribution in [0, 0.1) is 0 Å². The molecule has 2 aromatic heterocycles. The molecule has 0 atom stereocenters. The van der Waals surface area contributed by atoms with E-state index in [1.807, 2.05) is 29.6 Å². The van der Waals surface area contributed by atoms with Gasteiger partial charge in [-0.3, -0.25) is 13.7 Å². The maximum absolute atomic E-state index is 13.8. The maximum Gasteiger partial charge on any atom is 0.327 e. The molecule has 0 aliphatic rings. The van der Waals surface area contributed by atoms with Gasteiger partial charge >= 0.3 is 5.97 Å². The van der Waals surface area contributed by atoms with E-state index >= 15 is 0 Å². The second kappa shape index (κ2) is 12.2. The zero-order valence-corrected chi connectivity index (χ0v) is 25.7. The molecule has 4 rings (SSSR count). The third-order valence-corrected chi connectivity index (χ3v) is 7.93. The molecule has 13 heteroatoms. The van der Waals surface area contributed by atoms with Crippen molar-refractivity contribution in [2.45, 2.75) is 31.3 Å². The first-order valence-corrected chi connectivity index (χ1v) is 14.9. The third-order valence-electron chi connectivity index (χ3n) is 5.74. The number of ether oxygens (including phenoxy) is 2. The van der Waals surface area contributed by atoms with Gasteiger partial charge in [-0.25, -0.2) is 8.42 Å². The van der Waals surface area contributed by atoms with E-state index in [-0.39, 0.29) is 20.6 Å². The predicted octanol–water partition coefficient (Wildman–Crippen LogP) is 5.20. The lowest BCUT2D eigenvalue weighted by Crippen LogP contribution is -2.39. The van der Waals surface area contributed by atoms with Gasteiger partial charge in [-0.1, -0.05) is 23.2 Å². The van der Waals surface area contributed by atoms with Crippen LogP contribution in [0.2, 0.25) is 10.0 Å². The monoisotopic (exact) mass is 619 g/mol. The standard InChI is InChI=1S/C28H31Cl2N5O5S/c1-28(2,3)40-27(36)18-35(41(37,38)23-16-20(29)15-21(30)17-23)22-6-7-24-19(14-22)10-11-34(24)25-8-9-26(32-31-25)39-13-12-33(4)5/h6-11,14-17H,12-13,18H2,1-5H3. The van der Waals surface area contributed by atoms with Gasteiger partial charge < -0.3 is 14.4 Å². The zero-order chi connectivity index (χ0) is 29.9. The van der Waals surface area contributed by atoms with Gasteiger partial charge in [-0.05, 0) is 83.4 Å². The molecule has 0 fully saturated rings. The Labute approximate surface area is 249 Å². The molecule has 41 heavy (non-hydrogen) atoms. The Balaban J connectivity index is 1.68. The molecule has 10 nitrogen and oxygen atoms in total. The lowest BCUT2D eigenvalue weighted by atomic mass is 10.2. The Morgan fingerprint density at radius 2 is 1.68 bits per heavy atom. The normalized spacial score (nSPS) is 12.1. The zero-order valence-electron chi connectivity index (χ0n) is 23.3. The first-order valence-electron chi connectivity index (χ1n) is 12.7. The number of anilines is 1. The maximum atomic E-state index is 13.8. The highest BCUT2D eigenvalue weighted by molar-refractivity contribution is 7.92. The van der Waals surface area contributed by atoms with Crippen LogP contribution in [-0.4, -0.2) is 73.4 Å². The Bertz CT molecular complexity index is 1630. The molecule has 2 heterocycles. The summed E-state index contributed by atoms with van der Waals surface area (Å²) in [7, 11) is -0.348. The van der Waals surface area contributed by atoms with Crippen LogP contribution < -0.4 is 9.04 Å². The molecule has 0 unspecified atom stereocenters. The van der Waals surface area contributed by atoms with Crippen molar-refractivity contribution in [3.8, 4) is 11.7 Å². The van der Waals surface area contributed by atoms with Crippen LogP contribution >= 0.6 is 23.2 Å². The van der Waals surface area contributed by atoms with E-state index in [2.05, 4.69) is 10.2 Å². The smallest absolute Gasteiger partial charge is 0.327 e. The molecule has 0 aliphatic heterocycles. The number of halogens is 2. The molecule has 4 aromatic rings. The number of rotatable bonds is 10. The highest BCUT2D eigenvalue weighted by Gasteiger charge is 2.30. The highest BCUT2D eigenvalue weighted by atomic mass is 35.5. The van der Waals surface area contributed by atoms with E-state index < -0.39 is 28.1 Å². The third kappa shape index (κ3) is 7.68. The van der Waals surface area contributed by atoms with E-state index in [1.54, 1.807) is 57.3 Å². The van der Waals surface area contributed by atoms with Gasteiger partial charge in [-0.2, -0.15) is 0 Å². The summed E-state index contributed by atoms with van der Waals surface area (Å²) in [5.74, 6) is 0.257. The van der Waals surface area contributed by atoms with E-state index in [4.69, 9.17) is 32.7 Å². The highest BCUT2D eigenvalue weighted by Crippen LogP contribution is 2.31. The number of hydrogen-bond acceptors (Lipinski definition) is 8. The van der Waals surface area contributed by atoms with Crippen LogP contribution in [0.1, 0.15) is 20.8 Å². The number of aromatic nitrogens is 3. The summed E-state index contributed by atoms with van der Waals surface area (Å²) < 4.78 is 41.5. The van der Waals surface area contributed by atoms with E-state index in [9.17, 15) is 13.2 Å². The fourth-order valence-corrected chi connectivity index (χ4v) is 6.08. The Kier molecular flexibility index (Phi) is 9.13. The fourth-order valence-electron chi connectivity index (χ4n) is 3.95. The van der Waals surface area contributed by atoms with Crippen molar-refractivity contribution in [2.24, 2.45) is 0 Å². The molecule has 0 radical (unpaired) electrons. The lowest BCUT2D eigenvalue weighted by Gasteiger charge is -2.26. The first kappa shape index (κ1) is 30.6. The molecule has 0 saturated heterocycles. The quantitative estimate of drug-likeness (QED) is 0.223. The van der Waals surface area contributed by atoms with Gasteiger partial charge in [0.25, 0.3) is 10.0 Å². The minimum absolute atomic E-state index is 0.149. The molecule has 218 valence electrons. The number of fused-ring (bicyclic) bond motifs is 1. The summed E-state index contributed by atoms with van der Waals surface area (Å²) in [6.07, 6.45) is 1.80. The van der Waals surface area contributed by atoms with Gasteiger partial charge in [-0.15, -0.1) is 10.2 Å². The van der Waals surface area contributed by atoms with Crippen LogP contribution in [-0.2, 0) is 19.6 Å². The Hall–Kier alpha value is -3.38. The number of likely N-dealkylation sites (N-methyl/N-ethyl adjacent to an activating group) is 1. The second-order valence-electron chi connectivity index (χ2n) is 10.5. The topological polar surface area (TPSA) is 107 Å². The lowest BCUT2D eigenvalue weighted by molar-refractivity contribution is -0.152. The van der Waals surface area contributed by atoms with Crippen molar-refractivity contribution in [3.05, 3.63) is 70.8 Å². The molecular weight excluding hydrogens is 589 g/mol. The number of benzene rings is 2. The van der Waals surface area contributed by atoms with E-state index in [0.717, 1.165) is 16.4 Å². The minimum Gasteiger partial charge on any atom is -0.475 e. The summed E-state index contributed by atoms with van der Waals surface area (Å²) in [6.45, 7) is 5.80. The largest absolute Gasteiger partial charge is 0.475 e. The van der Waals surface area contributed by atoms with E-state index in [0.29, 0.717) is 23.7 Å². The molecule has 0 N–H and O–H groups in total. The summed E-state index contributed by atoms with van der Waals surface area (Å²) in [6, 6.07) is 14.4. The fraction of sp³-hybridized carbons (Fsp3) is 0.321. The molecular formula is C28H31Cl2N5O5S. The number of carbonyl (C=O) groups excluding carboxylic acids is 1. The number of hydrogen-bond donors (Lipinski definition) is 0. The average molecular weight is 621 g/mol. The SMILES string of the molecule is CN(C)CCOc1ccc(-n2ccc3cc(N(CC(=O)OC(C)(C)C)S(=O)(=O)c4cc(Cl)cc(Cl)c4)ccc32)nn1. The van der Waals surface area contributed by atoms with Crippen molar-refractivity contribution >= 4 is 55.8 Å².